The topological polar surface area (TPSA) is 66.5 Å². The highest BCUT2D eigenvalue weighted by atomic mass is 35.5. The van der Waals surface area contributed by atoms with Crippen molar-refractivity contribution in [2.75, 3.05) is 17.8 Å². The highest BCUT2D eigenvalue weighted by Crippen LogP contribution is 2.20. The monoisotopic (exact) mass is 378 g/mol. The van der Waals surface area contributed by atoms with E-state index >= 15 is 0 Å². The molecule has 2 aromatic rings. The molecule has 0 unspecified atom stereocenters. The molecule has 1 fully saturated rings. The van der Waals surface area contributed by atoms with Crippen molar-refractivity contribution in [2.45, 2.75) is 24.2 Å². The maximum absolute atomic E-state index is 12.4. The third kappa shape index (κ3) is 4.32. The summed E-state index contributed by atoms with van der Waals surface area (Å²) < 4.78 is 27.4. The van der Waals surface area contributed by atoms with Gasteiger partial charge >= 0.3 is 0 Å². The number of likely N-dealkylation sites (tertiary alicyclic amines) is 1. The van der Waals surface area contributed by atoms with Gasteiger partial charge in [0.05, 0.1) is 4.90 Å². The minimum absolute atomic E-state index is 0.0469. The molecule has 1 saturated heterocycles. The summed E-state index contributed by atoms with van der Waals surface area (Å²) in [7, 11) is -3.71. The number of hydrogen-bond acceptors (Lipinski definition) is 3. The summed E-state index contributed by atoms with van der Waals surface area (Å²) in [5.74, 6) is -0.0469. The summed E-state index contributed by atoms with van der Waals surface area (Å²) in [6, 6.07) is 12.4. The zero-order chi connectivity index (χ0) is 17.9. The van der Waals surface area contributed by atoms with Gasteiger partial charge in [-0.25, -0.2) is 8.42 Å². The molecule has 0 aliphatic carbocycles. The largest absolute Gasteiger partial charge is 0.339 e. The predicted octanol–water partition coefficient (Wildman–Crippen LogP) is 3.77. The van der Waals surface area contributed by atoms with Crippen LogP contribution in [0.2, 0.25) is 5.02 Å². The molecule has 1 aliphatic rings. The smallest absolute Gasteiger partial charge is 0.261 e. The van der Waals surface area contributed by atoms with Crippen LogP contribution in [0.25, 0.3) is 0 Å². The Morgan fingerprint density at radius 1 is 0.920 bits per heavy atom. The Morgan fingerprint density at radius 2 is 1.52 bits per heavy atom. The van der Waals surface area contributed by atoms with E-state index in [1.807, 2.05) is 4.90 Å². The van der Waals surface area contributed by atoms with Crippen LogP contribution in [-0.4, -0.2) is 32.3 Å². The summed E-state index contributed by atoms with van der Waals surface area (Å²) in [6.07, 6.45) is 3.18. The van der Waals surface area contributed by atoms with Gasteiger partial charge < -0.3 is 4.90 Å². The van der Waals surface area contributed by atoms with Crippen molar-refractivity contribution in [1.82, 2.24) is 4.90 Å². The molecule has 1 amide bonds. The normalized spacial score (nSPS) is 15.0. The van der Waals surface area contributed by atoms with Crippen LogP contribution in [0.5, 0.6) is 0 Å². The maximum atomic E-state index is 12.4. The Hall–Kier alpha value is -2.05. The van der Waals surface area contributed by atoms with E-state index in [-0.39, 0.29) is 10.8 Å². The highest BCUT2D eigenvalue weighted by molar-refractivity contribution is 7.92. The lowest BCUT2D eigenvalue weighted by Gasteiger charge is -2.26. The fourth-order valence-electron chi connectivity index (χ4n) is 2.79. The Labute approximate surface area is 152 Å². The van der Waals surface area contributed by atoms with Gasteiger partial charge in [0, 0.05) is 29.4 Å². The average molecular weight is 379 g/mol. The number of benzene rings is 2. The van der Waals surface area contributed by atoms with Gasteiger partial charge in [-0.2, -0.15) is 0 Å². The molecule has 132 valence electrons. The number of hydrogen-bond donors (Lipinski definition) is 1. The Bertz CT molecular complexity index is 843. The second-order valence-electron chi connectivity index (χ2n) is 5.99. The second kappa shape index (κ2) is 7.45. The SMILES string of the molecule is O=C(c1ccc(S(=O)(=O)Nc2ccc(Cl)cc2)cc1)N1CCCCC1. The van der Waals surface area contributed by atoms with Crippen molar-refractivity contribution in [3.8, 4) is 0 Å². The number of piperidine rings is 1. The van der Waals surface area contributed by atoms with E-state index in [9.17, 15) is 13.2 Å². The minimum atomic E-state index is -3.71. The van der Waals surface area contributed by atoms with Gasteiger partial charge in [-0.3, -0.25) is 9.52 Å². The number of sulfonamides is 1. The quantitative estimate of drug-likeness (QED) is 0.880. The van der Waals surface area contributed by atoms with Crippen molar-refractivity contribution >= 4 is 33.2 Å². The number of nitrogens with zero attached hydrogens (tertiary/aromatic N) is 1. The highest BCUT2D eigenvalue weighted by Gasteiger charge is 2.19. The van der Waals surface area contributed by atoms with Crippen molar-refractivity contribution in [3.63, 3.8) is 0 Å². The first-order chi connectivity index (χ1) is 12.0. The van der Waals surface area contributed by atoms with Crippen LogP contribution in [-0.2, 0) is 10.0 Å². The molecular formula is C18H19ClN2O3S. The van der Waals surface area contributed by atoms with E-state index < -0.39 is 10.0 Å². The number of anilines is 1. The van der Waals surface area contributed by atoms with Crippen molar-refractivity contribution in [2.24, 2.45) is 0 Å². The number of halogens is 1. The molecule has 1 aliphatic heterocycles. The number of carbonyl (C=O) groups excluding carboxylic acids is 1. The molecule has 7 heteroatoms. The van der Waals surface area contributed by atoms with E-state index in [1.165, 1.54) is 12.1 Å². The second-order valence-corrected chi connectivity index (χ2v) is 8.11. The summed E-state index contributed by atoms with van der Waals surface area (Å²) in [5, 5.41) is 0.531. The predicted molar refractivity (Wildman–Crippen MR) is 98.5 cm³/mol. The molecule has 3 rings (SSSR count). The first-order valence-electron chi connectivity index (χ1n) is 8.13. The first kappa shape index (κ1) is 17.8. The molecule has 1 heterocycles. The molecule has 0 aromatic heterocycles. The zero-order valence-corrected chi connectivity index (χ0v) is 15.2. The summed E-state index contributed by atoms with van der Waals surface area (Å²) in [5.41, 5.74) is 0.935. The number of rotatable bonds is 4. The first-order valence-corrected chi connectivity index (χ1v) is 9.99. The summed E-state index contributed by atoms with van der Waals surface area (Å²) >= 11 is 5.80. The van der Waals surface area contributed by atoms with Crippen LogP contribution in [0.15, 0.2) is 53.4 Å². The third-order valence-corrected chi connectivity index (χ3v) is 5.80. The van der Waals surface area contributed by atoms with Crippen LogP contribution in [0.1, 0.15) is 29.6 Å². The number of amides is 1. The Balaban J connectivity index is 1.74. The molecule has 0 saturated carbocycles. The van der Waals surface area contributed by atoms with Crippen LogP contribution in [0, 0.1) is 0 Å². The van der Waals surface area contributed by atoms with Crippen molar-refractivity contribution in [3.05, 3.63) is 59.1 Å². The van der Waals surface area contributed by atoms with Gasteiger partial charge in [0.1, 0.15) is 0 Å². The van der Waals surface area contributed by atoms with Gasteiger partial charge in [0.15, 0.2) is 0 Å². The lowest BCUT2D eigenvalue weighted by molar-refractivity contribution is 0.0724. The molecule has 0 spiro atoms. The summed E-state index contributed by atoms with van der Waals surface area (Å²) in [6.45, 7) is 1.52. The number of carbonyl (C=O) groups is 1. The molecule has 1 N–H and O–H groups in total. The standard InChI is InChI=1S/C18H19ClN2O3S/c19-15-6-8-16(9-7-15)20-25(23,24)17-10-4-14(5-11-17)18(22)21-12-2-1-3-13-21/h4-11,20H,1-3,12-13H2. The summed E-state index contributed by atoms with van der Waals surface area (Å²) in [4.78, 5) is 14.4. The van der Waals surface area contributed by atoms with Gasteiger partial charge in [-0.05, 0) is 67.8 Å². The lowest BCUT2D eigenvalue weighted by atomic mass is 10.1. The van der Waals surface area contributed by atoms with Crippen LogP contribution in [0.3, 0.4) is 0 Å². The van der Waals surface area contributed by atoms with E-state index in [1.54, 1.807) is 36.4 Å². The van der Waals surface area contributed by atoms with E-state index in [0.29, 0.717) is 16.3 Å². The molecule has 0 bridgehead atoms. The fourth-order valence-corrected chi connectivity index (χ4v) is 3.97. The van der Waals surface area contributed by atoms with Gasteiger partial charge in [-0.1, -0.05) is 11.6 Å². The Morgan fingerprint density at radius 3 is 2.12 bits per heavy atom. The van der Waals surface area contributed by atoms with Crippen LogP contribution in [0.4, 0.5) is 5.69 Å². The van der Waals surface area contributed by atoms with Crippen LogP contribution < -0.4 is 4.72 Å². The zero-order valence-electron chi connectivity index (χ0n) is 13.6. The Kier molecular flexibility index (Phi) is 5.30. The lowest BCUT2D eigenvalue weighted by Crippen LogP contribution is -2.35. The van der Waals surface area contributed by atoms with Gasteiger partial charge in [-0.15, -0.1) is 0 Å². The van der Waals surface area contributed by atoms with Crippen molar-refractivity contribution in [1.29, 1.82) is 0 Å². The van der Waals surface area contributed by atoms with Crippen molar-refractivity contribution < 1.29 is 13.2 Å². The molecule has 0 radical (unpaired) electrons. The average Bonchev–Trinajstić information content (AvgIpc) is 2.64. The molecule has 2 aromatic carbocycles. The molecule has 5 nitrogen and oxygen atoms in total. The van der Waals surface area contributed by atoms with E-state index in [4.69, 9.17) is 11.6 Å². The van der Waals surface area contributed by atoms with Gasteiger partial charge in [0.25, 0.3) is 15.9 Å². The third-order valence-electron chi connectivity index (χ3n) is 4.15. The fraction of sp³-hybridized carbons (Fsp3) is 0.278. The molecule has 25 heavy (non-hydrogen) atoms. The van der Waals surface area contributed by atoms with Crippen LogP contribution >= 0.6 is 11.6 Å². The minimum Gasteiger partial charge on any atom is -0.339 e. The molecular weight excluding hydrogens is 360 g/mol. The number of nitrogens with one attached hydrogen (secondary N) is 1. The molecule has 0 atom stereocenters. The van der Waals surface area contributed by atoms with Gasteiger partial charge in [0.2, 0.25) is 0 Å². The van der Waals surface area contributed by atoms with E-state index in [0.717, 1.165) is 32.4 Å². The van der Waals surface area contributed by atoms with E-state index in [2.05, 4.69) is 4.72 Å². The maximum Gasteiger partial charge on any atom is 0.261 e.